The molecule has 0 aliphatic heterocycles. The molecule has 1 N–H and O–H groups in total. The number of rotatable bonds is 4. The van der Waals surface area contributed by atoms with Crippen LogP contribution in [0.2, 0.25) is 0 Å². The number of hydrogen-bond donors (Lipinski definition) is 1. The molecule has 0 aliphatic carbocycles. The second kappa shape index (κ2) is 5.94. The summed E-state index contributed by atoms with van der Waals surface area (Å²) in [4.78, 5) is 0. The molecule has 1 aromatic carbocycles. The Morgan fingerprint density at radius 1 is 1.38 bits per heavy atom. The quantitative estimate of drug-likeness (QED) is 0.850. The van der Waals surface area contributed by atoms with Crippen LogP contribution in [0.4, 0.5) is 0 Å². The molecule has 0 aliphatic rings. The van der Waals surface area contributed by atoms with Crippen LogP contribution in [0.5, 0.6) is 5.75 Å². The van der Waals surface area contributed by atoms with Gasteiger partial charge >= 0.3 is 0 Å². The van der Waals surface area contributed by atoms with Gasteiger partial charge in [0.1, 0.15) is 5.75 Å². The molecular formula is C12H18BrNOS. The third-order valence-electron chi connectivity index (χ3n) is 1.89. The minimum absolute atomic E-state index is 0.225. The minimum Gasteiger partial charge on any atom is -0.496 e. The molecule has 0 radical (unpaired) electrons. The molecule has 0 unspecified atom stereocenters. The van der Waals surface area contributed by atoms with E-state index in [1.807, 2.05) is 12.1 Å². The third kappa shape index (κ3) is 4.76. The van der Waals surface area contributed by atoms with Gasteiger partial charge in [0.15, 0.2) is 0 Å². The van der Waals surface area contributed by atoms with Gasteiger partial charge < -0.3 is 4.74 Å². The van der Waals surface area contributed by atoms with Gasteiger partial charge in [-0.1, -0.05) is 33.9 Å². The maximum Gasteiger partial charge on any atom is 0.124 e. The van der Waals surface area contributed by atoms with Crippen molar-refractivity contribution in [2.45, 2.75) is 32.1 Å². The molecule has 16 heavy (non-hydrogen) atoms. The first-order chi connectivity index (χ1) is 7.42. The zero-order chi connectivity index (χ0) is 12.2. The van der Waals surface area contributed by atoms with Gasteiger partial charge in [-0.05, 0) is 32.9 Å². The van der Waals surface area contributed by atoms with E-state index in [4.69, 9.17) is 4.74 Å². The second-order valence-electron chi connectivity index (χ2n) is 4.49. The van der Waals surface area contributed by atoms with Crippen LogP contribution >= 0.6 is 27.9 Å². The fraction of sp³-hybridized carbons (Fsp3) is 0.500. The SMILES string of the molecule is COc1cc(Br)ccc1CNSC(C)(C)C. The van der Waals surface area contributed by atoms with Crippen LogP contribution in [0, 0.1) is 0 Å². The fourth-order valence-electron chi connectivity index (χ4n) is 1.19. The lowest BCUT2D eigenvalue weighted by Crippen LogP contribution is -2.16. The van der Waals surface area contributed by atoms with Gasteiger partial charge in [-0.3, -0.25) is 4.72 Å². The Bertz CT molecular complexity index is 349. The predicted octanol–water partition coefficient (Wildman–Crippen LogP) is 3.99. The van der Waals surface area contributed by atoms with E-state index in [0.717, 1.165) is 16.8 Å². The van der Waals surface area contributed by atoms with Gasteiger partial charge in [0.05, 0.1) is 7.11 Å². The lowest BCUT2D eigenvalue weighted by Gasteiger charge is -2.18. The first kappa shape index (κ1) is 13.9. The lowest BCUT2D eigenvalue weighted by molar-refractivity contribution is 0.409. The maximum atomic E-state index is 5.33. The molecule has 0 saturated heterocycles. The molecule has 0 amide bonds. The van der Waals surface area contributed by atoms with E-state index in [1.165, 1.54) is 5.56 Å². The van der Waals surface area contributed by atoms with Crippen molar-refractivity contribution in [3.8, 4) is 5.75 Å². The average molecular weight is 304 g/mol. The largest absolute Gasteiger partial charge is 0.496 e. The van der Waals surface area contributed by atoms with Crippen molar-refractivity contribution in [3.05, 3.63) is 28.2 Å². The molecule has 0 fully saturated rings. The summed E-state index contributed by atoms with van der Waals surface area (Å²) in [5.74, 6) is 0.913. The van der Waals surface area contributed by atoms with Gasteiger partial charge in [-0.25, -0.2) is 0 Å². The molecule has 0 heterocycles. The second-order valence-corrected chi connectivity index (χ2v) is 7.12. The average Bonchev–Trinajstić information content (AvgIpc) is 2.18. The van der Waals surface area contributed by atoms with Gasteiger partial charge in [0.25, 0.3) is 0 Å². The number of nitrogens with one attached hydrogen (secondary N) is 1. The van der Waals surface area contributed by atoms with Crippen LogP contribution in [-0.4, -0.2) is 11.9 Å². The zero-order valence-corrected chi connectivity index (χ0v) is 12.5. The van der Waals surface area contributed by atoms with Crippen molar-refractivity contribution in [3.63, 3.8) is 0 Å². The van der Waals surface area contributed by atoms with Crippen LogP contribution < -0.4 is 9.46 Å². The Morgan fingerprint density at radius 2 is 2.06 bits per heavy atom. The number of benzene rings is 1. The van der Waals surface area contributed by atoms with E-state index in [-0.39, 0.29) is 4.75 Å². The van der Waals surface area contributed by atoms with Crippen LogP contribution in [0.15, 0.2) is 22.7 Å². The summed E-state index contributed by atoms with van der Waals surface area (Å²) in [5, 5.41) is 0. The number of halogens is 1. The third-order valence-corrected chi connectivity index (χ3v) is 3.28. The van der Waals surface area contributed by atoms with Gasteiger partial charge in [0.2, 0.25) is 0 Å². The molecule has 0 atom stereocenters. The molecule has 1 aromatic rings. The number of ether oxygens (including phenoxy) is 1. The molecule has 1 rings (SSSR count). The summed E-state index contributed by atoms with van der Waals surface area (Å²) >= 11 is 5.17. The standard InChI is InChI=1S/C12H18BrNOS/c1-12(2,3)16-14-8-9-5-6-10(13)7-11(9)15-4/h5-7,14H,8H2,1-4H3. The first-order valence-electron chi connectivity index (χ1n) is 5.15. The molecule has 2 nitrogen and oxygen atoms in total. The Morgan fingerprint density at radius 3 is 2.62 bits per heavy atom. The van der Waals surface area contributed by atoms with Crippen LogP contribution in [0.3, 0.4) is 0 Å². The Labute approximate surface area is 110 Å². The van der Waals surface area contributed by atoms with Crippen molar-refractivity contribution in [2.24, 2.45) is 0 Å². The molecule has 0 saturated carbocycles. The minimum atomic E-state index is 0.225. The number of hydrogen-bond acceptors (Lipinski definition) is 3. The van der Waals surface area contributed by atoms with Gasteiger partial charge in [-0.2, -0.15) is 0 Å². The summed E-state index contributed by atoms with van der Waals surface area (Å²) in [6, 6.07) is 6.08. The summed E-state index contributed by atoms with van der Waals surface area (Å²) in [6.45, 7) is 7.36. The fourth-order valence-corrected chi connectivity index (χ4v) is 2.20. The monoisotopic (exact) mass is 303 g/mol. The van der Waals surface area contributed by atoms with Crippen molar-refractivity contribution >= 4 is 27.9 Å². The van der Waals surface area contributed by atoms with Crippen molar-refractivity contribution in [1.29, 1.82) is 0 Å². The Kier molecular flexibility index (Phi) is 5.15. The Balaban J connectivity index is 2.60. The highest BCUT2D eigenvalue weighted by Gasteiger charge is 2.11. The lowest BCUT2D eigenvalue weighted by atomic mass is 10.2. The Hall–Kier alpha value is -0.190. The normalized spacial score (nSPS) is 11.6. The summed E-state index contributed by atoms with van der Waals surface area (Å²) in [6.07, 6.45) is 0. The molecule has 90 valence electrons. The van der Waals surface area contributed by atoms with E-state index in [1.54, 1.807) is 19.1 Å². The highest BCUT2D eigenvalue weighted by molar-refractivity contribution is 9.10. The van der Waals surface area contributed by atoms with E-state index >= 15 is 0 Å². The summed E-state index contributed by atoms with van der Waals surface area (Å²) < 4.78 is 9.95. The van der Waals surface area contributed by atoms with Crippen LogP contribution in [0.25, 0.3) is 0 Å². The van der Waals surface area contributed by atoms with E-state index in [2.05, 4.69) is 47.5 Å². The van der Waals surface area contributed by atoms with E-state index < -0.39 is 0 Å². The van der Waals surface area contributed by atoms with Crippen LogP contribution in [-0.2, 0) is 6.54 Å². The highest BCUT2D eigenvalue weighted by atomic mass is 79.9. The van der Waals surface area contributed by atoms with Gasteiger partial charge in [-0.15, -0.1) is 0 Å². The molecule has 0 bridgehead atoms. The molecular weight excluding hydrogens is 286 g/mol. The van der Waals surface area contributed by atoms with Gasteiger partial charge in [0, 0.05) is 21.3 Å². The smallest absolute Gasteiger partial charge is 0.124 e. The first-order valence-corrected chi connectivity index (χ1v) is 6.76. The molecule has 0 aromatic heterocycles. The van der Waals surface area contributed by atoms with E-state index in [0.29, 0.717) is 0 Å². The topological polar surface area (TPSA) is 21.3 Å². The summed E-state index contributed by atoms with van der Waals surface area (Å²) in [5.41, 5.74) is 1.17. The zero-order valence-electron chi connectivity index (χ0n) is 10.1. The summed E-state index contributed by atoms with van der Waals surface area (Å²) in [7, 11) is 1.70. The maximum absolute atomic E-state index is 5.33. The predicted molar refractivity (Wildman–Crippen MR) is 74.9 cm³/mol. The van der Waals surface area contributed by atoms with Crippen molar-refractivity contribution in [2.75, 3.05) is 7.11 Å². The highest BCUT2D eigenvalue weighted by Crippen LogP contribution is 2.25. The van der Waals surface area contributed by atoms with Crippen molar-refractivity contribution in [1.82, 2.24) is 4.72 Å². The van der Waals surface area contributed by atoms with E-state index in [9.17, 15) is 0 Å². The van der Waals surface area contributed by atoms with Crippen molar-refractivity contribution < 1.29 is 4.74 Å². The molecule has 4 heteroatoms. The number of methoxy groups -OCH3 is 1. The molecule has 0 spiro atoms. The van der Waals surface area contributed by atoms with Crippen LogP contribution in [0.1, 0.15) is 26.3 Å².